The maximum absolute atomic E-state index is 12.1. The van der Waals surface area contributed by atoms with Gasteiger partial charge in [-0.2, -0.15) is 0 Å². The van der Waals surface area contributed by atoms with Crippen LogP contribution in [-0.4, -0.2) is 43.4 Å². The lowest BCUT2D eigenvalue weighted by molar-refractivity contribution is -0.122. The molecule has 2 rings (SSSR count). The van der Waals surface area contributed by atoms with Gasteiger partial charge in [0.2, 0.25) is 0 Å². The summed E-state index contributed by atoms with van der Waals surface area (Å²) >= 11 is 0.911. The Hall–Kier alpha value is -1.70. The number of ether oxygens (including phenoxy) is 2. The van der Waals surface area contributed by atoms with Crippen LogP contribution in [0.5, 0.6) is 11.5 Å². The van der Waals surface area contributed by atoms with Crippen molar-refractivity contribution in [3.8, 4) is 11.5 Å². The van der Waals surface area contributed by atoms with Crippen LogP contribution in [-0.2, 0) is 4.79 Å². The van der Waals surface area contributed by atoms with E-state index in [0.717, 1.165) is 22.2 Å². The van der Waals surface area contributed by atoms with Crippen LogP contribution in [0.4, 0.5) is 4.79 Å². The second-order valence-corrected chi connectivity index (χ2v) is 5.23. The molecule has 0 atom stereocenters. The molecule has 0 radical (unpaired) electrons. The summed E-state index contributed by atoms with van der Waals surface area (Å²) in [5.41, 5.74) is 6.15. The molecule has 0 bridgehead atoms. The van der Waals surface area contributed by atoms with Gasteiger partial charge in [-0.25, -0.2) is 0 Å². The molecule has 8 heteroatoms. The standard InChI is InChI=1S/C14H16N2O4S.ClH/c1-19-10-4-3-9(7-11(10)20-2)8-12-13(17)16(6-5-15)14(18)21-12;/h3-4,7-8H,5-6,15H2,1-2H3;1H. The van der Waals surface area contributed by atoms with Crippen molar-refractivity contribution in [3.05, 3.63) is 28.7 Å². The Morgan fingerprint density at radius 2 is 1.91 bits per heavy atom. The van der Waals surface area contributed by atoms with Crippen molar-refractivity contribution in [2.75, 3.05) is 27.3 Å². The fourth-order valence-electron chi connectivity index (χ4n) is 1.92. The molecule has 0 aliphatic carbocycles. The number of nitrogens with two attached hydrogens (primary N) is 1. The Morgan fingerprint density at radius 1 is 1.23 bits per heavy atom. The zero-order valence-corrected chi connectivity index (χ0v) is 13.8. The summed E-state index contributed by atoms with van der Waals surface area (Å²) in [5, 5.41) is -0.294. The van der Waals surface area contributed by atoms with Crippen molar-refractivity contribution in [1.82, 2.24) is 4.90 Å². The first-order chi connectivity index (χ1) is 10.1. The number of benzene rings is 1. The van der Waals surface area contributed by atoms with Crippen LogP contribution >= 0.6 is 24.2 Å². The van der Waals surface area contributed by atoms with E-state index in [4.69, 9.17) is 15.2 Å². The summed E-state index contributed by atoms with van der Waals surface area (Å²) < 4.78 is 10.4. The van der Waals surface area contributed by atoms with Gasteiger partial charge in [-0.05, 0) is 35.5 Å². The van der Waals surface area contributed by atoms with Gasteiger partial charge in [-0.3, -0.25) is 14.5 Å². The summed E-state index contributed by atoms with van der Waals surface area (Å²) in [4.78, 5) is 25.3. The molecular formula is C14H17ClN2O4S. The topological polar surface area (TPSA) is 81.9 Å². The second-order valence-electron chi connectivity index (χ2n) is 4.24. The predicted octanol–water partition coefficient (Wildman–Crippen LogP) is 2.12. The summed E-state index contributed by atoms with van der Waals surface area (Å²) in [5.74, 6) is 0.851. The van der Waals surface area contributed by atoms with Gasteiger partial charge in [-0.1, -0.05) is 6.07 Å². The number of thioether (sulfide) groups is 1. The third-order valence-corrected chi connectivity index (χ3v) is 3.84. The molecule has 1 aromatic rings. The average Bonchev–Trinajstić information content (AvgIpc) is 2.75. The number of methoxy groups -OCH3 is 2. The van der Waals surface area contributed by atoms with E-state index < -0.39 is 0 Å². The third kappa shape index (κ3) is 3.73. The van der Waals surface area contributed by atoms with Crippen LogP contribution in [0.25, 0.3) is 6.08 Å². The van der Waals surface area contributed by atoms with Gasteiger partial charge >= 0.3 is 0 Å². The van der Waals surface area contributed by atoms with Gasteiger partial charge in [0, 0.05) is 13.1 Å². The van der Waals surface area contributed by atoms with E-state index >= 15 is 0 Å². The van der Waals surface area contributed by atoms with Crippen molar-refractivity contribution in [3.63, 3.8) is 0 Å². The second kappa shape index (κ2) is 8.07. The quantitative estimate of drug-likeness (QED) is 0.824. The minimum Gasteiger partial charge on any atom is -0.493 e. The highest BCUT2D eigenvalue weighted by atomic mass is 35.5. The number of hydrogen-bond donors (Lipinski definition) is 1. The molecule has 1 aliphatic rings. The Morgan fingerprint density at radius 3 is 2.50 bits per heavy atom. The zero-order chi connectivity index (χ0) is 15.4. The van der Waals surface area contributed by atoms with Gasteiger partial charge < -0.3 is 15.2 Å². The Kier molecular flexibility index (Phi) is 6.73. The lowest BCUT2D eigenvalue weighted by Gasteiger charge is -2.09. The van der Waals surface area contributed by atoms with Crippen molar-refractivity contribution in [2.45, 2.75) is 0 Å². The van der Waals surface area contributed by atoms with Gasteiger partial charge in [0.05, 0.1) is 19.1 Å². The zero-order valence-electron chi connectivity index (χ0n) is 12.2. The van der Waals surface area contributed by atoms with Crippen molar-refractivity contribution in [2.24, 2.45) is 5.73 Å². The molecule has 0 spiro atoms. The highest BCUT2D eigenvalue weighted by Crippen LogP contribution is 2.34. The Balaban J connectivity index is 0.00000242. The molecule has 1 heterocycles. The van der Waals surface area contributed by atoms with Gasteiger partial charge in [0.25, 0.3) is 11.1 Å². The Bertz CT molecular complexity index is 607. The maximum atomic E-state index is 12.1. The van der Waals surface area contributed by atoms with Crippen LogP contribution in [0.2, 0.25) is 0 Å². The molecule has 1 fully saturated rings. The number of nitrogens with zero attached hydrogens (tertiary/aromatic N) is 1. The summed E-state index contributed by atoms with van der Waals surface area (Å²) in [6.07, 6.45) is 1.66. The molecule has 0 unspecified atom stereocenters. The number of hydrogen-bond acceptors (Lipinski definition) is 6. The first kappa shape index (κ1) is 18.3. The molecule has 0 aromatic heterocycles. The molecule has 120 valence electrons. The molecule has 1 aliphatic heterocycles. The van der Waals surface area contributed by atoms with E-state index in [1.165, 1.54) is 7.11 Å². The first-order valence-electron chi connectivity index (χ1n) is 6.28. The lowest BCUT2D eigenvalue weighted by atomic mass is 10.2. The number of halogens is 1. The van der Waals surface area contributed by atoms with E-state index in [9.17, 15) is 9.59 Å². The van der Waals surface area contributed by atoms with Gasteiger partial charge in [-0.15, -0.1) is 12.4 Å². The van der Waals surface area contributed by atoms with Crippen molar-refractivity contribution < 1.29 is 19.1 Å². The number of carbonyl (C=O) groups excluding carboxylic acids is 2. The molecule has 2 N–H and O–H groups in total. The third-order valence-electron chi connectivity index (χ3n) is 2.93. The molecule has 0 saturated carbocycles. The predicted molar refractivity (Wildman–Crippen MR) is 88.5 cm³/mol. The first-order valence-corrected chi connectivity index (χ1v) is 7.09. The highest BCUT2D eigenvalue weighted by molar-refractivity contribution is 8.18. The minimum absolute atomic E-state index is 0. The number of imide groups is 1. The molecule has 22 heavy (non-hydrogen) atoms. The minimum atomic E-state index is -0.315. The summed E-state index contributed by atoms with van der Waals surface area (Å²) in [6, 6.07) is 5.28. The highest BCUT2D eigenvalue weighted by Gasteiger charge is 2.34. The molecule has 2 amide bonds. The largest absolute Gasteiger partial charge is 0.493 e. The monoisotopic (exact) mass is 344 g/mol. The molecule has 1 aromatic carbocycles. The van der Waals surface area contributed by atoms with E-state index in [1.807, 2.05) is 0 Å². The van der Waals surface area contributed by atoms with E-state index in [2.05, 4.69) is 0 Å². The summed E-state index contributed by atoms with van der Waals surface area (Å²) in [7, 11) is 3.09. The maximum Gasteiger partial charge on any atom is 0.293 e. The van der Waals surface area contributed by atoms with Crippen LogP contribution in [0.3, 0.4) is 0 Å². The van der Waals surface area contributed by atoms with E-state index in [1.54, 1.807) is 31.4 Å². The number of rotatable bonds is 5. The normalized spacial score (nSPS) is 16.0. The van der Waals surface area contributed by atoms with Gasteiger partial charge in [0.1, 0.15) is 0 Å². The average molecular weight is 345 g/mol. The number of carbonyl (C=O) groups is 2. The molecule has 1 saturated heterocycles. The van der Waals surface area contributed by atoms with Crippen molar-refractivity contribution >= 4 is 41.4 Å². The molecule has 6 nitrogen and oxygen atoms in total. The summed E-state index contributed by atoms with van der Waals surface area (Å²) in [6.45, 7) is 0.482. The van der Waals surface area contributed by atoms with E-state index in [-0.39, 0.29) is 36.6 Å². The fraction of sp³-hybridized carbons (Fsp3) is 0.286. The molecular weight excluding hydrogens is 328 g/mol. The van der Waals surface area contributed by atoms with Crippen LogP contribution in [0, 0.1) is 0 Å². The SMILES string of the molecule is COc1ccc(C=C2SC(=O)N(CCN)C2=O)cc1OC.Cl. The smallest absolute Gasteiger partial charge is 0.293 e. The lowest BCUT2D eigenvalue weighted by Crippen LogP contribution is -2.33. The van der Waals surface area contributed by atoms with Gasteiger partial charge in [0.15, 0.2) is 11.5 Å². The fourth-order valence-corrected chi connectivity index (χ4v) is 2.78. The number of amides is 2. The van der Waals surface area contributed by atoms with Crippen LogP contribution in [0.1, 0.15) is 5.56 Å². The van der Waals surface area contributed by atoms with Crippen LogP contribution < -0.4 is 15.2 Å². The Labute approximate surface area is 139 Å². The van der Waals surface area contributed by atoms with Crippen molar-refractivity contribution in [1.29, 1.82) is 0 Å². The van der Waals surface area contributed by atoms with E-state index in [0.29, 0.717) is 16.4 Å². The van der Waals surface area contributed by atoms with Crippen LogP contribution in [0.15, 0.2) is 23.1 Å².